The lowest BCUT2D eigenvalue weighted by atomic mass is 10.1. The van der Waals surface area contributed by atoms with Crippen molar-refractivity contribution in [2.45, 2.75) is 38.3 Å². The molecule has 0 aliphatic heterocycles. The fourth-order valence-corrected chi connectivity index (χ4v) is 1.06. The van der Waals surface area contributed by atoms with Crippen LogP contribution in [-0.2, 0) is 0 Å². The van der Waals surface area contributed by atoms with Gasteiger partial charge in [0.1, 0.15) is 0 Å². The van der Waals surface area contributed by atoms with E-state index in [0.717, 1.165) is 19.3 Å². The van der Waals surface area contributed by atoms with Gasteiger partial charge < -0.3 is 0 Å². The van der Waals surface area contributed by atoms with Crippen LogP contribution in [0.15, 0.2) is 0 Å². The van der Waals surface area contributed by atoms with Gasteiger partial charge in [0.05, 0.1) is 0 Å². The molecule has 0 aromatic heterocycles. The number of rotatable bonds is 4. The SMILES string of the molecule is FC(F)(F)CCCCC1[CH]C1. The molecule has 0 N–H and O–H groups in total. The van der Waals surface area contributed by atoms with Crippen LogP contribution in [0.2, 0.25) is 0 Å². The first-order chi connectivity index (χ1) is 5.08. The van der Waals surface area contributed by atoms with E-state index in [0.29, 0.717) is 12.3 Å². The summed E-state index contributed by atoms with van der Waals surface area (Å²) in [4.78, 5) is 0. The molecule has 11 heavy (non-hydrogen) atoms. The standard InChI is InChI=1S/C8H12F3/c9-8(10,11)6-2-1-3-7-4-5-7/h4,7H,1-3,5-6H2. The van der Waals surface area contributed by atoms with Crippen LogP contribution in [0.4, 0.5) is 13.2 Å². The molecule has 1 fully saturated rings. The zero-order valence-corrected chi connectivity index (χ0v) is 6.32. The molecule has 0 saturated heterocycles. The lowest BCUT2D eigenvalue weighted by Gasteiger charge is -2.04. The van der Waals surface area contributed by atoms with Gasteiger partial charge in [-0.05, 0) is 25.2 Å². The molecule has 0 heterocycles. The Hall–Kier alpha value is -0.210. The van der Waals surface area contributed by atoms with Gasteiger partial charge in [-0.2, -0.15) is 13.2 Å². The normalized spacial score (nSPS) is 18.8. The highest BCUT2D eigenvalue weighted by atomic mass is 19.4. The molecule has 1 atom stereocenters. The van der Waals surface area contributed by atoms with Crippen molar-refractivity contribution in [3.05, 3.63) is 6.42 Å². The molecule has 0 nitrogen and oxygen atoms in total. The molecule has 1 radical (unpaired) electrons. The number of hydrogen-bond acceptors (Lipinski definition) is 0. The largest absolute Gasteiger partial charge is 0.389 e. The van der Waals surface area contributed by atoms with Crippen LogP contribution in [0.1, 0.15) is 32.1 Å². The van der Waals surface area contributed by atoms with Crippen molar-refractivity contribution in [3.8, 4) is 0 Å². The summed E-state index contributed by atoms with van der Waals surface area (Å²) in [5.74, 6) is 0.642. The molecule has 1 saturated carbocycles. The third-order valence-corrected chi connectivity index (χ3v) is 1.85. The second kappa shape index (κ2) is 3.46. The van der Waals surface area contributed by atoms with E-state index in [1.165, 1.54) is 0 Å². The first-order valence-electron chi connectivity index (χ1n) is 3.98. The molecule has 0 bridgehead atoms. The number of unbranched alkanes of at least 4 members (excludes halogenated alkanes) is 1. The quantitative estimate of drug-likeness (QED) is 0.560. The lowest BCUT2D eigenvalue weighted by Crippen LogP contribution is -2.06. The van der Waals surface area contributed by atoms with Crippen LogP contribution in [0.5, 0.6) is 0 Å². The Morgan fingerprint density at radius 2 is 1.91 bits per heavy atom. The van der Waals surface area contributed by atoms with Crippen LogP contribution in [-0.4, -0.2) is 6.18 Å². The summed E-state index contributed by atoms with van der Waals surface area (Å²) < 4.78 is 34.8. The molecule has 65 valence electrons. The Morgan fingerprint density at radius 3 is 2.36 bits per heavy atom. The number of alkyl halides is 3. The molecule has 1 aliphatic carbocycles. The van der Waals surface area contributed by atoms with Gasteiger partial charge in [0, 0.05) is 6.42 Å². The summed E-state index contributed by atoms with van der Waals surface area (Å²) >= 11 is 0. The molecule has 0 spiro atoms. The maximum Gasteiger partial charge on any atom is 0.389 e. The van der Waals surface area contributed by atoms with E-state index in [1.807, 2.05) is 0 Å². The molecule has 0 aromatic rings. The van der Waals surface area contributed by atoms with Gasteiger partial charge in [0.25, 0.3) is 0 Å². The van der Waals surface area contributed by atoms with E-state index < -0.39 is 12.6 Å². The second-order valence-corrected chi connectivity index (χ2v) is 3.09. The minimum atomic E-state index is -3.95. The van der Waals surface area contributed by atoms with Gasteiger partial charge in [-0.25, -0.2) is 0 Å². The molecule has 3 heteroatoms. The van der Waals surface area contributed by atoms with Crippen molar-refractivity contribution in [3.63, 3.8) is 0 Å². The van der Waals surface area contributed by atoms with E-state index in [1.54, 1.807) is 0 Å². The summed E-state index contributed by atoms with van der Waals surface area (Å²) in [6, 6.07) is 0. The predicted molar refractivity (Wildman–Crippen MR) is 36.9 cm³/mol. The monoisotopic (exact) mass is 165 g/mol. The zero-order chi connectivity index (χ0) is 8.32. The summed E-state index contributed by atoms with van der Waals surface area (Å²) in [7, 11) is 0. The second-order valence-electron chi connectivity index (χ2n) is 3.09. The Labute approximate surface area is 64.8 Å². The summed E-state index contributed by atoms with van der Waals surface area (Å²) in [5, 5.41) is 0. The molecule has 1 rings (SSSR count). The number of halogens is 3. The molecule has 1 unspecified atom stereocenters. The fraction of sp³-hybridized carbons (Fsp3) is 0.875. The molecular formula is C8H12F3. The summed E-state index contributed by atoms with van der Waals surface area (Å²) in [6.07, 6.45) is 0.678. The van der Waals surface area contributed by atoms with Crippen LogP contribution in [0, 0.1) is 12.3 Å². The van der Waals surface area contributed by atoms with Crippen LogP contribution in [0.3, 0.4) is 0 Å². The van der Waals surface area contributed by atoms with Crippen LogP contribution >= 0.6 is 0 Å². The summed E-state index contributed by atoms with van der Waals surface area (Å²) in [5.41, 5.74) is 0. The fourth-order valence-electron chi connectivity index (χ4n) is 1.06. The maximum absolute atomic E-state index is 11.6. The highest BCUT2D eigenvalue weighted by Gasteiger charge is 2.27. The lowest BCUT2D eigenvalue weighted by molar-refractivity contribution is -0.135. The first-order valence-corrected chi connectivity index (χ1v) is 3.98. The Balaban J connectivity index is 1.87. The Bertz CT molecular complexity index is 113. The highest BCUT2D eigenvalue weighted by molar-refractivity contribution is 4.93. The van der Waals surface area contributed by atoms with Gasteiger partial charge in [0.15, 0.2) is 0 Å². The van der Waals surface area contributed by atoms with Crippen molar-refractivity contribution in [1.29, 1.82) is 0 Å². The molecule has 0 aromatic carbocycles. The van der Waals surface area contributed by atoms with Gasteiger partial charge in [-0.15, -0.1) is 0 Å². The van der Waals surface area contributed by atoms with Gasteiger partial charge in [0.2, 0.25) is 0 Å². The maximum atomic E-state index is 11.6. The van der Waals surface area contributed by atoms with Crippen molar-refractivity contribution >= 4 is 0 Å². The average molecular weight is 165 g/mol. The topological polar surface area (TPSA) is 0 Å². The molecule has 0 amide bonds. The van der Waals surface area contributed by atoms with Gasteiger partial charge in [-0.3, -0.25) is 0 Å². The van der Waals surface area contributed by atoms with E-state index in [9.17, 15) is 13.2 Å². The molecule has 1 aliphatic rings. The van der Waals surface area contributed by atoms with Crippen molar-refractivity contribution < 1.29 is 13.2 Å². The van der Waals surface area contributed by atoms with E-state index in [-0.39, 0.29) is 0 Å². The minimum absolute atomic E-state index is 0.299. The van der Waals surface area contributed by atoms with Gasteiger partial charge in [-0.1, -0.05) is 12.8 Å². The average Bonchev–Trinajstić information content (AvgIpc) is 2.60. The van der Waals surface area contributed by atoms with E-state index >= 15 is 0 Å². The van der Waals surface area contributed by atoms with Crippen molar-refractivity contribution in [2.24, 2.45) is 5.92 Å². The Kier molecular flexibility index (Phi) is 2.79. The molecular weight excluding hydrogens is 153 g/mol. The minimum Gasteiger partial charge on any atom is -0.171 e. The smallest absolute Gasteiger partial charge is 0.171 e. The third-order valence-electron chi connectivity index (χ3n) is 1.85. The third kappa shape index (κ3) is 5.10. The predicted octanol–water partition coefficient (Wildman–Crippen LogP) is 3.33. The van der Waals surface area contributed by atoms with Gasteiger partial charge >= 0.3 is 6.18 Å². The van der Waals surface area contributed by atoms with E-state index in [2.05, 4.69) is 6.42 Å². The zero-order valence-electron chi connectivity index (χ0n) is 6.32. The Morgan fingerprint density at radius 1 is 1.27 bits per heavy atom. The van der Waals surface area contributed by atoms with Crippen molar-refractivity contribution in [1.82, 2.24) is 0 Å². The highest BCUT2D eigenvalue weighted by Crippen LogP contribution is 2.33. The van der Waals surface area contributed by atoms with Crippen LogP contribution < -0.4 is 0 Å². The summed E-state index contributed by atoms with van der Waals surface area (Å²) in [6.45, 7) is 0. The van der Waals surface area contributed by atoms with Crippen LogP contribution in [0.25, 0.3) is 0 Å². The first kappa shape index (κ1) is 8.88. The number of hydrogen-bond donors (Lipinski definition) is 0. The van der Waals surface area contributed by atoms with E-state index in [4.69, 9.17) is 0 Å². The van der Waals surface area contributed by atoms with Crippen molar-refractivity contribution in [2.75, 3.05) is 0 Å².